The van der Waals surface area contributed by atoms with E-state index in [2.05, 4.69) is 21.2 Å². The van der Waals surface area contributed by atoms with Crippen LogP contribution in [0.25, 0.3) is 0 Å². The van der Waals surface area contributed by atoms with Crippen molar-refractivity contribution in [2.24, 2.45) is 0 Å². The third kappa shape index (κ3) is 4.49. The van der Waals surface area contributed by atoms with Crippen LogP contribution in [-0.2, 0) is 13.1 Å². The van der Waals surface area contributed by atoms with Crippen molar-refractivity contribution in [3.8, 4) is 0 Å². The van der Waals surface area contributed by atoms with Crippen LogP contribution >= 0.6 is 11.3 Å². The van der Waals surface area contributed by atoms with Gasteiger partial charge >= 0.3 is 0 Å². The summed E-state index contributed by atoms with van der Waals surface area (Å²) in [5.74, 6) is 0.409. The maximum atomic E-state index is 13.1. The van der Waals surface area contributed by atoms with Crippen molar-refractivity contribution in [3.63, 3.8) is 0 Å². The van der Waals surface area contributed by atoms with E-state index in [1.807, 2.05) is 23.5 Å². The summed E-state index contributed by atoms with van der Waals surface area (Å²) >= 11 is 1.91. The minimum Gasteiger partial charge on any atom is -0.299 e. The third-order valence-electron chi connectivity index (χ3n) is 5.56. The molecule has 4 heteroatoms. The molecule has 1 atom stereocenters. The van der Waals surface area contributed by atoms with E-state index in [9.17, 15) is 4.39 Å². The van der Waals surface area contributed by atoms with E-state index in [4.69, 9.17) is 0 Å². The lowest BCUT2D eigenvalue weighted by atomic mass is 9.99. The molecule has 0 spiro atoms. The number of hydrogen-bond acceptors (Lipinski definition) is 3. The number of hydrogen-bond donors (Lipinski definition) is 0. The molecule has 2 aliphatic heterocycles. The minimum atomic E-state index is -0.140. The maximum Gasteiger partial charge on any atom is 0.123 e. The van der Waals surface area contributed by atoms with Gasteiger partial charge in [-0.1, -0.05) is 18.6 Å². The summed E-state index contributed by atoms with van der Waals surface area (Å²) in [5.41, 5.74) is 2.76. The number of thiophene rings is 1. The largest absolute Gasteiger partial charge is 0.299 e. The van der Waals surface area contributed by atoms with Crippen molar-refractivity contribution in [3.05, 3.63) is 57.5 Å². The van der Waals surface area contributed by atoms with E-state index in [1.54, 1.807) is 12.1 Å². The molecule has 0 unspecified atom stereocenters. The van der Waals surface area contributed by atoms with Crippen LogP contribution < -0.4 is 0 Å². The molecule has 0 bridgehead atoms. The zero-order valence-electron chi connectivity index (χ0n) is 14.8. The summed E-state index contributed by atoms with van der Waals surface area (Å²) in [6.45, 7) is 6.93. The van der Waals surface area contributed by atoms with Crippen LogP contribution in [0.3, 0.4) is 0 Å². The molecule has 25 heavy (non-hydrogen) atoms. The molecule has 1 aromatic carbocycles. The van der Waals surface area contributed by atoms with Crippen molar-refractivity contribution in [2.75, 3.05) is 26.2 Å². The first-order valence-corrected chi connectivity index (χ1v) is 10.4. The number of nitrogens with zero attached hydrogens (tertiary/aromatic N) is 2. The SMILES string of the molecule is Fc1ccc([C@@H]2CCN(Cc3cc(CN4CCCCC4)cs3)C2)cc1. The van der Waals surface area contributed by atoms with Crippen molar-refractivity contribution < 1.29 is 4.39 Å². The predicted molar refractivity (Wildman–Crippen MR) is 102 cm³/mol. The molecular weight excluding hydrogens is 331 g/mol. The topological polar surface area (TPSA) is 6.48 Å². The standard InChI is InChI=1S/C21H27FN2S/c22-20-6-4-18(5-7-20)19-8-11-24(14-19)15-21-12-17(16-25-21)13-23-9-2-1-3-10-23/h4-7,12,16,19H,1-3,8-11,13-15H2/t19-/m1/s1. The summed E-state index contributed by atoms with van der Waals surface area (Å²) < 4.78 is 13.1. The average Bonchev–Trinajstić information content (AvgIpc) is 3.27. The number of likely N-dealkylation sites (tertiary alicyclic amines) is 2. The molecule has 2 nitrogen and oxygen atoms in total. The zero-order valence-corrected chi connectivity index (χ0v) is 15.6. The highest BCUT2D eigenvalue weighted by Gasteiger charge is 2.24. The van der Waals surface area contributed by atoms with E-state index >= 15 is 0 Å². The Hall–Kier alpha value is -1.23. The first-order chi connectivity index (χ1) is 12.3. The molecule has 3 heterocycles. The Morgan fingerprint density at radius 1 is 0.960 bits per heavy atom. The van der Waals surface area contributed by atoms with E-state index in [0.717, 1.165) is 26.2 Å². The molecule has 0 radical (unpaired) electrons. The minimum absolute atomic E-state index is 0.140. The van der Waals surface area contributed by atoms with E-state index in [1.165, 1.54) is 54.8 Å². The second-order valence-electron chi connectivity index (χ2n) is 7.53. The van der Waals surface area contributed by atoms with Gasteiger partial charge in [-0.15, -0.1) is 11.3 Å². The fourth-order valence-corrected chi connectivity index (χ4v) is 5.09. The first-order valence-electron chi connectivity index (χ1n) is 9.53. The van der Waals surface area contributed by atoms with Gasteiger partial charge in [-0.25, -0.2) is 4.39 Å². The van der Waals surface area contributed by atoms with Crippen LogP contribution in [0.2, 0.25) is 0 Å². The van der Waals surface area contributed by atoms with Gasteiger partial charge in [0.25, 0.3) is 0 Å². The molecule has 0 aliphatic carbocycles. The van der Waals surface area contributed by atoms with Gasteiger partial charge in [0, 0.05) is 24.5 Å². The van der Waals surface area contributed by atoms with Gasteiger partial charge in [0.1, 0.15) is 5.82 Å². The van der Waals surface area contributed by atoms with Gasteiger partial charge in [0.15, 0.2) is 0 Å². The van der Waals surface area contributed by atoms with Gasteiger partial charge in [0.05, 0.1) is 0 Å². The summed E-state index contributed by atoms with van der Waals surface area (Å²) in [5, 5.41) is 2.34. The molecule has 1 aromatic heterocycles. The molecule has 0 saturated carbocycles. The molecular formula is C21H27FN2S. The fourth-order valence-electron chi connectivity index (χ4n) is 4.17. The fraction of sp³-hybridized carbons (Fsp3) is 0.524. The molecule has 2 aromatic rings. The monoisotopic (exact) mass is 358 g/mol. The van der Waals surface area contributed by atoms with E-state index < -0.39 is 0 Å². The van der Waals surface area contributed by atoms with Crippen molar-refractivity contribution in [2.45, 2.75) is 44.7 Å². The van der Waals surface area contributed by atoms with Crippen molar-refractivity contribution in [1.29, 1.82) is 0 Å². The van der Waals surface area contributed by atoms with Crippen LogP contribution in [-0.4, -0.2) is 36.0 Å². The van der Waals surface area contributed by atoms with Crippen LogP contribution in [0.5, 0.6) is 0 Å². The molecule has 0 N–H and O–H groups in total. The Morgan fingerprint density at radius 3 is 2.56 bits per heavy atom. The van der Waals surface area contributed by atoms with Crippen molar-refractivity contribution in [1.82, 2.24) is 9.80 Å². The summed E-state index contributed by atoms with van der Waals surface area (Å²) in [6, 6.07) is 9.48. The average molecular weight is 359 g/mol. The summed E-state index contributed by atoms with van der Waals surface area (Å²) in [4.78, 5) is 6.62. The Labute approximate surface area is 154 Å². The van der Waals surface area contributed by atoms with Crippen molar-refractivity contribution >= 4 is 11.3 Å². The van der Waals surface area contributed by atoms with Gasteiger partial charge in [-0.3, -0.25) is 9.80 Å². The van der Waals surface area contributed by atoms with E-state index in [-0.39, 0.29) is 5.82 Å². The first kappa shape index (κ1) is 17.2. The van der Waals surface area contributed by atoms with Crippen LogP contribution in [0.15, 0.2) is 35.7 Å². The third-order valence-corrected chi connectivity index (χ3v) is 6.53. The lowest BCUT2D eigenvalue weighted by molar-refractivity contribution is 0.221. The second-order valence-corrected chi connectivity index (χ2v) is 8.53. The second kappa shape index (κ2) is 7.98. The quantitative estimate of drug-likeness (QED) is 0.753. The molecule has 134 valence electrons. The summed E-state index contributed by atoms with van der Waals surface area (Å²) in [7, 11) is 0. The molecule has 2 aliphatic rings. The summed E-state index contributed by atoms with van der Waals surface area (Å²) in [6.07, 6.45) is 5.29. The maximum absolute atomic E-state index is 13.1. The predicted octanol–water partition coefficient (Wildman–Crippen LogP) is 4.86. The van der Waals surface area contributed by atoms with Gasteiger partial charge in [-0.05, 0) is 79.5 Å². The Kier molecular flexibility index (Phi) is 5.49. The highest BCUT2D eigenvalue weighted by Crippen LogP contribution is 2.29. The number of benzene rings is 1. The normalized spacial score (nSPS) is 22.5. The zero-order chi connectivity index (χ0) is 17.1. The van der Waals surface area contributed by atoms with Gasteiger partial charge in [0.2, 0.25) is 0 Å². The van der Waals surface area contributed by atoms with Crippen LogP contribution in [0.4, 0.5) is 4.39 Å². The Morgan fingerprint density at radius 2 is 1.76 bits per heavy atom. The number of halogens is 1. The lowest BCUT2D eigenvalue weighted by Gasteiger charge is -2.25. The lowest BCUT2D eigenvalue weighted by Crippen LogP contribution is -2.28. The molecule has 4 rings (SSSR count). The highest BCUT2D eigenvalue weighted by atomic mass is 32.1. The Bertz CT molecular complexity index is 675. The smallest absolute Gasteiger partial charge is 0.123 e. The number of rotatable bonds is 5. The highest BCUT2D eigenvalue weighted by molar-refractivity contribution is 7.10. The molecule has 2 saturated heterocycles. The van der Waals surface area contributed by atoms with E-state index in [0.29, 0.717) is 5.92 Å². The van der Waals surface area contributed by atoms with Crippen LogP contribution in [0, 0.1) is 5.82 Å². The molecule has 0 amide bonds. The Balaban J connectivity index is 1.30. The molecule has 2 fully saturated rings. The van der Waals surface area contributed by atoms with Gasteiger partial charge in [-0.2, -0.15) is 0 Å². The van der Waals surface area contributed by atoms with Gasteiger partial charge < -0.3 is 0 Å². The number of piperidine rings is 1. The van der Waals surface area contributed by atoms with Crippen LogP contribution in [0.1, 0.15) is 47.6 Å².